The number of rotatable bonds is 6. The van der Waals surface area contributed by atoms with Gasteiger partial charge in [-0.15, -0.1) is 21.5 Å². The van der Waals surface area contributed by atoms with Gasteiger partial charge >= 0.3 is 0 Å². The number of benzene rings is 2. The lowest BCUT2D eigenvalue weighted by atomic mass is 10.2. The molecule has 1 N–H and O–H groups in total. The molecule has 0 spiro atoms. The first-order valence-corrected chi connectivity index (χ1v) is 12.1. The van der Waals surface area contributed by atoms with E-state index in [9.17, 15) is 4.79 Å². The Balaban J connectivity index is 1.22. The van der Waals surface area contributed by atoms with E-state index in [4.69, 9.17) is 9.40 Å². The highest BCUT2D eigenvalue weighted by molar-refractivity contribution is 7.99. The molecule has 0 bridgehead atoms. The predicted octanol–water partition coefficient (Wildman–Crippen LogP) is 5.70. The van der Waals surface area contributed by atoms with Crippen LogP contribution in [0.3, 0.4) is 0 Å². The Labute approximate surface area is 198 Å². The topological polar surface area (TPSA) is 85.8 Å². The molecular weight excluding hydrogens is 454 g/mol. The van der Waals surface area contributed by atoms with Crippen LogP contribution in [-0.2, 0) is 11.8 Å². The van der Waals surface area contributed by atoms with Gasteiger partial charge in [0, 0.05) is 18.3 Å². The number of amides is 1. The van der Waals surface area contributed by atoms with Gasteiger partial charge in [0.1, 0.15) is 10.8 Å². The predicted molar refractivity (Wildman–Crippen MR) is 133 cm³/mol. The lowest BCUT2D eigenvalue weighted by Gasteiger charge is -2.06. The molecule has 0 aliphatic heterocycles. The molecule has 5 aromatic rings. The molecule has 0 saturated carbocycles. The van der Waals surface area contributed by atoms with Gasteiger partial charge in [0.25, 0.3) is 0 Å². The summed E-state index contributed by atoms with van der Waals surface area (Å²) in [6.07, 6.45) is 1.63. The summed E-state index contributed by atoms with van der Waals surface area (Å²) >= 11 is 3.01. The van der Waals surface area contributed by atoms with Crippen molar-refractivity contribution in [3.8, 4) is 22.0 Å². The van der Waals surface area contributed by atoms with Crippen molar-refractivity contribution < 1.29 is 9.21 Å². The van der Waals surface area contributed by atoms with E-state index in [0.29, 0.717) is 11.0 Å². The third kappa shape index (κ3) is 4.42. The second kappa shape index (κ2) is 8.84. The minimum absolute atomic E-state index is 0.104. The van der Waals surface area contributed by atoms with Crippen LogP contribution in [0.4, 0.5) is 5.69 Å². The number of hydrogen-bond donors (Lipinski definition) is 1. The van der Waals surface area contributed by atoms with Crippen LogP contribution in [0, 0.1) is 13.8 Å². The van der Waals surface area contributed by atoms with Crippen LogP contribution in [0.25, 0.3) is 32.2 Å². The average Bonchev–Trinajstić information content (AvgIpc) is 3.51. The van der Waals surface area contributed by atoms with Gasteiger partial charge in [0.05, 0.1) is 27.8 Å². The van der Waals surface area contributed by atoms with E-state index in [0.717, 1.165) is 33.1 Å². The molecule has 3 heterocycles. The first kappa shape index (κ1) is 21.4. The van der Waals surface area contributed by atoms with Gasteiger partial charge < -0.3 is 14.3 Å². The summed E-state index contributed by atoms with van der Waals surface area (Å²) in [5, 5.41) is 13.0. The number of carbonyl (C=O) groups is 1. The maximum absolute atomic E-state index is 12.5. The van der Waals surface area contributed by atoms with E-state index >= 15 is 0 Å². The lowest BCUT2D eigenvalue weighted by Crippen LogP contribution is -2.14. The molecular formula is C24H21N5O2S2. The van der Waals surface area contributed by atoms with Gasteiger partial charge in [-0.05, 0) is 61.9 Å². The van der Waals surface area contributed by atoms with Crippen LogP contribution in [0.1, 0.15) is 11.3 Å². The highest BCUT2D eigenvalue weighted by Crippen LogP contribution is 2.31. The Morgan fingerprint density at radius 3 is 2.70 bits per heavy atom. The van der Waals surface area contributed by atoms with Gasteiger partial charge in [-0.25, -0.2) is 4.98 Å². The van der Waals surface area contributed by atoms with Crippen LogP contribution < -0.4 is 5.32 Å². The summed E-state index contributed by atoms with van der Waals surface area (Å²) in [7, 11) is 1.88. The molecule has 166 valence electrons. The van der Waals surface area contributed by atoms with Crippen LogP contribution in [0.2, 0.25) is 0 Å². The molecule has 0 unspecified atom stereocenters. The summed E-state index contributed by atoms with van der Waals surface area (Å²) < 4.78 is 8.39. The van der Waals surface area contributed by atoms with Crippen molar-refractivity contribution in [2.45, 2.75) is 19.0 Å². The molecule has 0 aliphatic rings. The molecule has 2 aromatic carbocycles. The van der Waals surface area contributed by atoms with Crippen molar-refractivity contribution in [1.82, 2.24) is 19.7 Å². The molecule has 0 radical (unpaired) electrons. The standard InChI is InChI=1S/C24H21N5O2S2/c1-14-4-9-19-20(12-14)33-23(26-19)16-5-7-17(8-6-16)25-21(30)13-32-24-28-27-22(29(24)3)18-10-11-31-15(18)2/h4-12H,13H2,1-3H3,(H,25,30). The summed E-state index contributed by atoms with van der Waals surface area (Å²) in [6.45, 7) is 3.96. The summed E-state index contributed by atoms with van der Waals surface area (Å²) in [6, 6.07) is 15.9. The van der Waals surface area contributed by atoms with Crippen molar-refractivity contribution in [2.24, 2.45) is 7.05 Å². The fourth-order valence-electron chi connectivity index (χ4n) is 3.47. The second-order valence-electron chi connectivity index (χ2n) is 7.66. The first-order valence-electron chi connectivity index (χ1n) is 10.3. The summed E-state index contributed by atoms with van der Waals surface area (Å²) in [5.41, 5.74) is 4.90. The second-order valence-corrected chi connectivity index (χ2v) is 9.63. The summed E-state index contributed by atoms with van der Waals surface area (Å²) in [5.74, 6) is 1.62. The molecule has 3 aromatic heterocycles. The Kier molecular flexibility index (Phi) is 5.74. The quantitative estimate of drug-likeness (QED) is 0.317. The van der Waals surface area contributed by atoms with Gasteiger partial charge in [0.15, 0.2) is 11.0 Å². The Hall–Kier alpha value is -3.43. The van der Waals surface area contributed by atoms with E-state index in [-0.39, 0.29) is 11.7 Å². The average molecular weight is 476 g/mol. The number of carbonyl (C=O) groups excluding carboxylic acids is 1. The Bertz CT molecular complexity index is 1450. The van der Waals surface area contributed by atoms with Gasteiger partial charge in [-0.3, -0.25) is 4.79 Å². The number of aromatic nitrogens is 4. The van der Waals surface area contributed by atoms with E-state index in [2.05, 4.69) is 34.6 Å². The van der Waals surface area contributed by atoms with Crippen molar-refractivity contribution in [3.05, 3.63) is 66.1 Å². The Morgan fingerprint density at radius 2 is 1.94 bits per heavy atom. The van der Waals surface area contributed by atoms with E-state index < -0.39 is 0 Å². The molecule has 0 atom stereocenters. The minimum atomic E-state index is -0.104. The monoisotopic (exact) mass is 475 g/mol. The maximum atomic E-state index is 12.5. The number of anilines is 1. The van der Waals surface area contributed by atoms with Gasteiger partial charge in [-0.1, -0.05) is 17.8 Å². The molecule has 0 aliphatic carbocycles. The molecule has 33 heavy (non-hydrogen) atoms. The zero-order valence-corrected chi connectivity index (χ0v) is 20.0. The normalized spacial score (nSPS) is 11.2. The number of aryl methyl sites for hydroxylation is 2. The fourth-order valence-corrected chi connectivity index (χ4v) is 5.25. The number of thioether (sulfide) groups is 1. The van der Waals surface area contributed by atoms with Gasteiger partial charge in [-0.2, -0.15) is 0 Å². The van der Waals surface area contributed by atoms with Crippen molar-refractivity contribution in [3.63, 3.8) is 0 Å². The highest BCUT2D eigenvalue weighted by Gasteiger charge is 2.16. The first-order chi connectivity index (χ1) is 16.0. The lowest BCUT2D eigenvalue weighted by molar-refractivity contribution is -0.113. The Morgan fingerprint density at radius 1 is 1.12 bits per heavy atom. The van der Waals surface area contributed by atoms with Crippen molar-refractivity contribution in [2.75, 3.05) is 11.1 Å². The highest BCUT2D eigenvalue weighted by atomic mass is 32.2. The number of fused-ring (bicyclic) bond motifs is 1. The van der Waals surface area contributed by atoms with E-state index in [1.165, 1.54) is 22.0 Å². The largest absolute Gasteiger partial charge is 0.469 e. The van der Waals surface area contributed by atoms with Crippen LogP contribution >= 0.6 is 23.1 Å². The zero-order chi connectivity index (χ0) is 22.9. The molecule has 7 nitrogen and oxygen atoms in total. The smallest absolute Gasteiger partial charge is 0.234 e. The van der Waals surface area contributed by atoms with Crippen LogP contribution in [0.5, 0.6) is 0 Å². The molecule has 1 amide bonds. The van der Waals surface area contributed by atoms with E-state index in [1.807, 2.05) is 54.9 Å². The van der Waals surface area contributed by atoms with Crippen LogP contribution in [-0.4, -0.2) is 31.4 Å². The fraction of sp³-hybridized carbons (Fsp3) is 0.167. The number of nitrogens with one attached hydrogen (secondary N) is 1. The number of nitrogens with zero attached hydrogens (tertiary/aromatic N) is 4. The third-order valence-electron chi connectivity index (χ3n) is 5.23. The number of thiazole rings is 1. The van der Waals surface area contributed by atoms with E-state index in [1.54, 1.807) is 17.6 Å². The number of hydrogen-bond acceptors (Lipinski definition) is 7. The van der Waals surface area contributed by atoms with Gasteiger partial charge in [0.2, 0.25) is 5.91 Å². The molecule has 0 saturated heterocycles. The minimum Gasteiger partial charge on any atom is -0.469 e. The SMILES string of the molecule is Cc1ccc2nc(-c3ccc(NC(=O)CSc4nnc(-c5ccoc5C)n4C)cc3)sc2c1. The van der Waals surface area contributed by atoms with Crippen molar-refractivity contribution >= 4 is 44.9 Å². The molecule has 5 rings (SSSR count). The maximum Gasteiger partial charge on any atom is 0.234 e. The van der Waals surface area contributed by atoms with Crippen LogP contribution in [0.15, 0.2) is 64.4 Å². The molecule has 9 heteroatoms. The van der Waals surface area contributed by atoms with Crippen molar-refractivity contribution in [1.29, 1.82) is 0 Å². The molecule has 0 fully saturated rings. The zero-order valence-electron chi connectivity index (χ0n) is 18.3. The third-order valence-corrected chi connectivity index (χ3v) is 7.31. The number of furan rings is 1. The summed E-state index contributed by atoms with van der Waals surface area (Å²) in [4.78, 5) is 17.2.